The van der Waals surface area contributed by atoms with Gasteiger partial charge >= 0.3 is 5.97 Å². The normalized spacial score (nSPS) is 41.6. The smallest absolute Gasteiger partial charge is 0.313 e. The molecule has 0 aliphatic carbocycles. The third-order valence-electron chi connectivity index (χ3n) is 3.95. The van der Waals surface area contributed by atoms with Crippen molar-refractivity contribution in [3.8, 4) is 0 Å². The largest absolute Gasteiger partial charge is 0.457 e. The van der Waals surface area contributed by atoms with E-state index in [9.17, 15) is 4.79 Å². The molecule has 0 N–H and O–H groups in total. The van der Waals surface area contributed by atoms with Crippen LogP contribution in [0.5, 0.6) is 0 Å². The van der Waals surface area contributed by atoms with Gasteiger partial charge in [0.05, 0.1) is 18.1 Å². The molecule has 0 aromatic heterocycles. The summed E-state index contributed by atoms with van der Waals surface area (Å²) < 4.78 is 11.3. The monoisotopic (exact) mass is 228 g/mol. The molecule has 2 bridgehead atoms. The Morgan fingerprint density at radius 3 is 2.59 bits per heavy atom. The number of rotatable bonds is 1. The van der Waals surface area contributed by atoms with Gasteiger partial charge in [0.2, 0.25) is 0 Å². The average Bonchev–Trinajstić information content (AvgIpc) is 3.03. The number of cyclic esters (lactones) is 1. The quantitative estimate of drug-likeness (QED) is 0.543. The van der Waals surface area contributed by atoms with Gasteiger partial charge in [-0.1, -0.05) is 42.5 Å². The summed E-state index contributed by atoms with van der Waals surface area (Å²) in [4.78, 5) is 11.9. The number of benzene rings is 1. The molecule has 4 rings (SSSR count). The minimum Gasteiger partial charge on any atom is -0.457 e. The summed E-state index contributed by atoms with van der Waals surface area (Å²) in [5, 5.41) is 0. The molecule has 1 aromatic rings. The lowest BCUT2D eigenvalue weighted by molar-refractivity contribution is -0.147. The van der Waals surface area contributed by atoms with E-state index in [1.807, 2.05) is 36.4 Å². The highest BCUT2D eigenvalue weighted by atomic mass is 16.6. The summed E-state index contributed by atoms with van der Waals surface area (Å²) in [5.74, 6) is -0.0594. The van der Waals surface area contributed by atoms with Crippen LogP contribution in [0.1, 0.15) is 11.7 Å². The van der Waals surface area contributed by atoms with Gasteiger partial charge in [-0.25, -0.2) is 0 Å². The fourth-order valence-corrected chi connectivity index (χ4v) is 3.21. The van der Waals surface area contributed by atoms with E-state index in [1.165, 1.54) is 0 Å². The Morgan fingerprint density at radius 1 is 1.00 bits per heavy atom. The summed E-state index contributed by atoms with van der Waals surface area (Å²) in [7, 11) is 0. The first-order chi connectivity index (χ1) is 8.34. The van der Waals surface area contributed by atoms with Crippen molar-refractivity contribution in [1.82, 2.24) is 0 Å². The first kappa shape index (κ1) is 9.42. The maximum Gasteiger partial charge on any atom is 0.313 e. The van der Waals surface area contributed by atoms with Crippen molar-refractivity contribution in [3.05, 3.63) is 48.0 Å². The molecule has 1 aromatic carbocycles. The second-order valence-electron chi connectivity index (χ2n) is 4.82. The molecule has 0 spiro atoms. The van der Waals surface area contributed by atoms with E-state index < -0.39 is 0 Å². The number of fused-ring (bicyclic) bond motifs is 5. The van der Waals surface area contributed by atoms with Crippen LogP contribution >= 0.6 is 0 Å². The Labute approximate surface area is 99.0 Å². The van der Waals surface area contributed by atoms with Crippen LogP contribution in [0.25, 0.3) is 0 Å². The van der Waals surface area contributed by atoms with Crippen LogP contribution in [0.4, 0.5) is 0 Å². The molecule has 0 amide bonds. The Morgan fingerprint density at radius 2 is 1.76 bits per heavy atom. The van der Waals surface area contributed by atoms with E-state index in [2.05, 4.69) is 6.08 Å². The standard InChI is InChI=1S/C14H12O3/c15-14-12-10-7-6-9(16-10)11(12)13(17-14)8-4-2-1-3-5-8/h1-7,9-13H/t9-,10+,11-,12+,13-/m1/s1. The second-order valence-corrected chi connectivity index (χ2v) is 4.82. The lowest BCUT2D eigenvalue weighted by Crippen LogP contribution is -2.25. The minimum atomic E-state index is -0.145. The number of esters is 1. The van der Waals surface area contributed by atoms with Crippen molar-refractivity contribution in [2.24, 2.45) is 11.8 Å². The van der Waals surface area contributed by atoms with Gasteiger partial charge in [-0.2, -0.15) is 0 Å². The number of ether oxygens (including phenoxy) is 2. The van der Waals surface area contributed by atoms with Crippen molar-refractivity contribution >= 4 is 5.97 Å². The predicted octanol–water partition coefficient (Wildman–Crippen LogP) is 1.85. The van der Waals surface area contributed by atoms with Crippen LogP contribution in [0.15, 0.2) is 42.5 Å². The zero-order valence-electron chi connectivity index (χ0n) is 9.15. The van der Waals surface area contributed by atoms with E-state index >= 15 is 0 Å². The maximum atomic E-state index is 11.9. The van der Waals surface area contributed by atoms with Crippen LogP contribution in [0.3, 0.4) is 0 Å². The van der Waals surface area contributed by atoms with E-state index in [0.29, 0.717) is 0 Å². The fraction of sp³-hybridized carbons (Fsp3) is 0.357. The van der Waals surface area contributed by atoms with Crippen molar-refractivity contribution in [2.75, 3.05) is 0 Å². The van der Waals surface area contributed by atoms with Crippen LogP contribution in [0.2, 0.25) is 0 Å². The van der Waals surface area contributed by atoms with Gasteiger partial charge in [0, 0.05) is 5.92 Å². The lowest BCUT2D eigenvalue weighted by atomic mass is 9.80. The highest BCUT2D eigenvalue weighted by Crippen LogP contribution is 2.51. The van der Waals surface area contributed by atoms with Gasteiger partial charge in [-0.3, -0.25) is 4.79 Å². The van der Waals surface area contributed by atoms with E-state index in [-0.39, 0.29) is 36.1 Å². The lowest BCUT2D eigenvalue weighted by Gasteiger charge is -2.20. The Bertz CT molecular complexity index is 493. The van der Waals surface area contributed by atoms with Crippen molar-refractivity contribution < 1.29 is 14.3 Å². The number of carbonyl (C=O) groups is 1. The molecule has 3 aliphatic heterocycles. The summed E-state index contributed by atoms with van der Waals surface area (Å²) in [6.07, 6.45) is 3.88. The SMILES string of the molecule is O=C1O[C@H](c2ccccc2)[C@H]2[C@@H]1[C@@H]1C=C[C@H]2O1. The summed E-state index contributed by atoms with van der Waals surface area (Å²) in [6.45, 7) is 0. The zero-order chi connectivity index (χ0) is 11.4. The summed E-state index contributed by atoms with van der Waals surface area (Å²) in [5.41, 5.74) is 1.07. The number of hydrogen-bond donors (Lipinski definition) is 0. The van der Waals surface area contributed by atoms with Crippen molar-refractivity contribution in [1.29, 1.82) is 0 Å². The topological polar surface area (TPSA) is 35.5 Å². The molecule has 2 fully saturated rings. The molecular formula is C14H12O3. The van der Waals surface area contributed by atoms with Gasteiger partial charge in [0.1, 0.15) is 6.10 Å². The summed E-state index contributed by atoms with van der Waals surface area (Å²) >= 11 is 0. The van der Waals surface area contributed by atoms with Gasteiger partial charge in [0.15, 0.2) is 0 Å². The number of carbonyl (C=O) groups excluding carboxylic acids is 1. The van der Waals surface area contributed by atoms with Gasteiger partial charge < -0.3 is 9.47 Å². The fourth-order valence-electron chi connectivity index (χ4n) is 3.21. The highest BCUT2D eigenvalue weighted by molar-refractivity contribution is 5.78. The average molecular weight is 228 g/mol. The van der Waals surface area contributed by atoms with Crippen LogP contribution in [-0.4, -0.2) is 18.2 Å². The molecule has 3 heteroatoms. The Balaban J connectivity index is 1.75. The summed E-state index contributed by atoms with van der Waals surface area (Å²) in [6, 6.07) is 9.93. The maximum absolute atomic E-state index is 11.9. The molecular weight excluding hydrogens is 216 g/mol. The Hall–Kier alpha value is -1.61. The van der Waals surface area contributed by atoms with Crippen molar-refractivity contribution in [3.63, 3.8) is 0 Å². The molecule has 5 atom stereocenters. The Kier molecular flexibility index (Phi) is 1.77. The van der Waals surface area contributed by atoms with Crippen LogP contribution in [-0.2, 0) is 14.3 Å². The zero-order valence-corrected chi connectivity index (χ0v) is 9.15. The molecule has 0 radical (unpaired) electrons. The number of hydrogen-bond acceptors (Lipinski definition) is 3. The molecule has 86 valence electrons. The molecule has 0 unspecified atom stereocenters. The van der Waals surface area contributed by atoms with Crippen LogP contribution in [0, 0.1) is 11.8 Å². The van der Waals surface area contributed by atoms with Crippen molar-refractivity contribution in [2.45, 2.75) is 18.3 Å². The highest BCUT2D eigenvalue weighted by Gasteiger charge is 2.59. The van der Waals surface area contributed by atoms with E-state index in [0.717, 1.165) is 5.56 Å². The second kappa shape index (κ2) is 3.20. The van der Waals surface area contributed by atoms with E-state index in [4.69, 9.17) is 9.47 Å². The molecule has 17 heavy (non-hydrogen) atoms. The first-order valence-electron chi connectivity index (χ1n) is 5.94. The predicted molar refractivity (Wildman–Crippen MR) is 60.1 cm³/mol. The third-order valence-corrected chi connectivity index (χ3v) is 3.95. The third kappa shape index (κ3) is 1.17. The van der Waals surface area contributed by atoms with Gasteiger partial charge in [-0.05, 0) is 5.56 Å². The van der Waals surface area contributed by atoms with E-state index in [1.54, 1.807) is 0 Å². The van der Waals surface area contributed by atoms with Gasteiger partial charge in [0.25, 0.3) is 0 Å². The van der Waals surface area contributed by atoms with Crippen LogP contribution < -0.4 is 0 Å². The van der Waals surface area contributed by atoms with Gasteiger partial charge in [-0.15, -0.1) is 0 Å². The minimum absolute atomic E-state index is 0.0432. The molecule has 0 saturated carbocycles. The molecule has 2 saturated heterocycles. The molecule has 3 heterocycles. The molecule has 3 aliphatic rings. The first-order valence-corrected chi connectivity index (χ1v) is 5.94. The molecule has 3 nitrogen and oxygen atoms in total.